The van der Waals surface area contributed by atoms with Gasteiger partial charge in [-0.1, -0.05) is 29.3 Å². The zero-order chi connectivity index (χ0) is 19.0. The van der Waals surface area contributed by atoms with Gasteiger partial charge in [0.2, 0.25) is 0 Å². The average molecular weight is 375 g/mol. The van der Waals surface area contributed by atoms with Crippen LogP contribution in [0.3, 0.4) is 0 Å². The number of hydrogen-bond acceptors (Lipinski definition) is 5. The van der Waals surface area contributed by atoms with Crippen LogP contribution in [0.2, 0.25) is 5.02 Å². The van der Waals surface area contributed by atoms with Crippen molar-refractivity contribution in [1.29, 1.82) is 5.26 Å². The monoisotopic (exact) mass is 374 g/mol. The predicted octanol–water partition coefficient (Wildman–Crippen LogP) is 4.70. The highest BCUT2D eigenvalue weighted by atomic mass is 35.5. The summed E-state index contributed by atoms with van der Waals surface area (Å²) in [5.74, 6) is 0.622. The van der Waals surface area contributed by atoms with Crippen LogP contribution in [-0.2, 0) is 0 Å². The van der Waals surface area contributed by atoms with E-state index in [-0.39, 0.29) is 0 Å². The first-order valence-corrected chi connectivity index (χ1v) is 8.67. The number of rotatable bonds is 3. The largest absolute Gasteiger partial charge is 0.339 e. The summed E-state index contributed by atoms with van der Waals surface area (Å²) in [6.45, 7) is 4.11. The van der Waals surface area contributed by atoms with Gasteiger partial charge in [-0.05, 0) is 43.7 Å². The summed E-state index contributed by atoms with van der Waals surface area (Å²) in [5, 5.41) is 17.9. The molecule has 0 unspecified atom stereocenters. The molecule has 0 saturated carbocycles. The molecule has 0 bridgehead atoms. The number of aromatic nitrogens is 4. The van der Waals surface area contributed by atoms with Gasteiger partial charge in [-0.2, -0.15) is 10.4 Å². The second-order valence-corrected chi connectivity index (χ2v) is 6.64. The summed E-state index contributed by atoms with van der Waals surface area (Å²) in [4.78, 5) is 8.74. The Hall–Kier alpha value is -3.43. The molecule has 2 heterocycles. The van der Waals surface area contributed by atoms with E-state index in [1.807, 2.05) is 16.8 Å². The fourth-order valence-electron chi connectivity index (χ4n) is 2.98. The van der Waals surface area contributed by atoms with E-state index in [1.54, 1.807) is 24.4 Å². The van der Waals surface area contributed by atoms with E-state index < -0.39 is 0 Å². The Bertz CT molecular complexity index is 1210. The van der Waals surface area contributed by atoms with Gasteiger partial charge in [0, 0.05) is 5.69 Å². The Balaban J connectivity index is 1.77. The van der Waals surface area contributed by atoms with Gasteiger partial charge in [-0.3, -0.25) is 0 Å². The molecule has 0 aliphatic rings. The van der Waals surface area contributed by atoms with Crippen molar-refractivity contribution in [2.45, 2.75) is 13.8 Å². The number of aryl methyl sites for hydroxylation is 2. The number of hydrogen-bond donors (Lipinski definition) is 1. The number of nitrogens with zero attached hydrogens (tertiary/aromatic N) is 5. The molecule has 1 N–H and O–H groups in total. The minimum atomic E-state index is 0.388. The normalized spacial score (nSPS) is 10.7. The molecule has 0 saturated heterocycles. The lowest BCUT2D eigenvalue weighted by molar-refractivity contribution is 0.886. The molecule has 132 valence electrons. The van der Waals surface area contributed by atoms with Crippen LogP contribution >= 0.6 is 11.6 Å². The maximum Gasteiger partial charge on any atom is 0.168 e. The minimum Gasteiger partial charge on any atom is -0.339 e. The second-order valence-electron chi connectivity index (χ2n) is 6.24. The van der Waals surface area contributed by atoms with E-state index >= 15 is 0 Å². The van der Waals surface area contributed by atoms with Crippen molar-refractivity contribution in [2.24, 2.45) is 0 Å². The van der Waals surface area contributed by atoms with Crippen molar-refractivity contribution in [3.05, 3.63) is 70.6 Å². The van der Waals surface area contributed by atoms with Crippen LogP contribution in [0.1, 0.15) is 16.7 Å². The van der Waals surface area contributed by atoms with Crippen LogP contribution in [0, 0.1) is 25.2 Å². The molecule has 2 aromatic carbocycles. The van der Waals surface area contributed by atoms with Gasteiger partial charge < -0.3 is 5.32 Å². The van der Waals surface area contributed by atoms with Crippen molar-refractivity contribution in [3.8, 4) is 11.8 Å². The Labute approximate surface area is 161 Å². The first-order chi connectivity index (χ1) is 13.1. The molecule has 0 fully saturated rings. The summed E-state index contributed by atoms with van der Waals surface area (Å²) >= 11 is 6.12. The average Bonchev–Trinajstić information content (AvgIpc) is 3.07. The van der Waals surface area contributed by atoms with Crippen LogP contribution in [0.5, 0.6) is 0 Å². The van der Waals surface area contributed by atoms with Crippen LogP contribution in [0.15, 0.2) is 48.9 Å². The maximum atomic E-state index is 9.00. The summed E-state index contributed by atoms with van der Waals surface area (Å²) in [7, 11) is 0. The van der Waals surface area contributed by atoms with Gasteiger partial charge in [-0.15, -0.1) is 0 Å². The fraction of sp³-hybridized carbons (Fsp3) is 0.100. The molecule has 0 aliphatic carbocycles. The number of nitrogens with one attached hydrogen (secondary N) is 1. The first kappa shape index (κ1) is 17.0. The van der Waals surface area contributed by atoms with Crippen LogP contribution in [0.4, 0.5) is 11.5 Å². The van der Waals surface area contributed by atoms with Gasteiger partial charge in [0.25, 0.3) is 0 Å². The molecule has 0 amide bonds. The standard InChI is InChI=1S/C20H15ClN6/c1-12-3-6-18(13(2)7-12)27-20-16(10-25-27)19(23-11-24-20)26-15-5-4-14(9-22)17(21)8-15/h3-8,10-11H,1-2H3,(H,23,24,26). The number of fused-ring (bicyclic) bond motifs is 1. The molecule has 0 atom stereocenters. The molecule has 6 nitrogen and oxygen atoms in total. The van der Waals surface area contributed by atoms with E-state index in [1.165, 1.54) is 11.9 Å². The quantitative estimate of drug-likeness (QED) is 0.562. The first-order valence-electron chi connectivity index (χ1n) is 8.30. The molecular formula is C20H15ClN6. The highest BCUT2D eigenvalue weighted by molar-refractivity contribution is 6.32. The Morgan fingerprint density at radius 3 is 2.70 bits per heavy atom. The third kappa shape index (κ3) is 3.09. The van der Waals surface area contributed by atoms with Crippen molar-refractivity contribution in [3.63, 3.8) is 0 Å². The third-order valence-electron chi connectivity index (χ3n) is 4.30. The number of benzene rings is 2. The van der Waals surface area contributed by atoms with Crippen LogP contribution in [-0.4, -0.2) is 19.7 Å². The topological polar surface area (TPSA) is 79.4 Å². The van der Waals surface area contributed by atoms with Crippen molar-refractivity contribution in [1.82, 2.24) is 19.7 Å². The van der Waals surface area contributed by atoms with E-state index in [0.717, 1.165) is 22.3 Å². The molecule has 7 heteroatoms. The van der Waals surface area contributed by atoms with Gasteiger partial charge >= 0.3 is 0 Å². The highest BCUT2D eigenvalue weighted by Crippen LogP contribution is 2.27. The van der Waals surface area contributed by atoms with Gasteiger partial charge in [0.1, 0.15) is 18.2 Å². The lowest BCUT2D eigenvalue weighted by atomic mass is 10.1. The van der Waals surface area contributed by atoms with Crippen LogP contribution < -0.4 is 5.32 Å². The molecule has 2 aromatic heterocycles. The summed E-state index contributed by atoms with van der Waals surface area (Å²) in [5.41, 5.74) is 5.16. The second kappa shape index (κ2) is 6.71. The molecule has 0 radical (unpaired) electrons. The van der Waals surface area contributed by atoms with Crippen molar-refractivity contribution >= 4 is 34.1 Å². The molecule has 0 spiro atoms. The van der Waals surface area contributed by atoms with Gasteiger partial charge in [-0.25, -0.2) is 14.6 Å². The Kier molecular flexibility index (Phi) is 4.22. The number of halogens is 1. The number of nitriles is 1. The summed E-state index contributed by atoms with van der Waals surface area (Å²) in [6, 6.07) is 13.4. The third-order valence-corrected chi connectivity index (χ3v) is 4.61. The Morgan fingerprint density at radius 2 is 1.96 bits per heavy atom. The van der Waals surface area contributed by atoms with E-state index in [0.29, 0.717) is 22.1 Å². The maximum absolute atomic E-state index is 9.00. The lowest BCUT2D eigenvalue weighted by Crippen LogP contribution is -2.01. The van der Waals surface area contributed by atoms with Crippen molar-refractivity contribution < 1.29 is 0 Å². The predicted molar refractivity (Wildman–Crippen MR) is 106 cm³/mol. The molecular weight excluding hydrogens is 360 g/mol. The lowest BCUT2D eigenvalue weighted by Gasteiger charge is -2.09. The SMILES string of the molecule is Cc1ccc(-n2ncc3c(Nc4ccc(C#N)c(Cl)c4)ncnc32)c(C)c1. The van der Waals surface area contributed by atoms with Crippen LogP contribution in [0.25, 0.3) is 16.7 Å². The van der Waals surface area contributed by atoms with Gasteiger partial charge in [0.05, 0.1) is 27.9 Å². The highest BCUT2D eigenvalue weighted by Gasteiger charge is 2.13. The zero-order valence-electron chi connectivity index (χ0n) is 14.7. The molecule has 0 aliphatic heterocycles. The van der Waals surface area contributed by atoms with E-state index in [2.05, 4.69) is 46.4 Å². The van der Waals surface area contributed by atoms with Crippen molar-refractivity contribution in [2.75, 3.05) is 5.32 Å². The van der Waals surface area contributed by atoms with E-state index in [9.17, 15) is 0 Å². The molecule has 4 rings (SSSR count). The summed E-state index contributed by atoms with van der Waals surface area (Å²) in [6.07, 6.45) is 3.24. The molecule has 4 aromatic rings. The smallest absolute Gasteiger partial charge is 0.168 e. The molecule has 27 heavy (non-hydrogen) atoms. The minimum absolute atomic E-state index is 0.388. The number of anilines is 2. The fourth-order valence-corrected chi connectivity index (χ4v) is 3.21. The van der Waals surface area contributed by atoms with E-state index in [4.69, 9.17) is 16.9 Å². The Morgan fingerprint density at radius 1 is 1.11 bits per heavy atom. The van der Waals surface area contributed by atoms with Gasteiger partial charge in [0.15, 0.2) is 5.65 Å². The zero-order valence-corrected chi connectivity index (χ0v) is 15.5. The summed E-state index contributed by atoms with van der Waals surface area (Å²) < 4.78 is 1.81.